The van der Waals surface area contributed by atoms with Gasteiger partial charge in [-0.25, -0.2) is 14.6 Å². The lowest BCUT2D eigenvalue weighted by Crippen LogP contribution is -2.63. The van der Waals surface area contributed by atoms with E-state index in [0.29, 0.717) is 46.8 Å². The van der Waals surface area contributed by atoms with Crippen molar-refractivity contribution < 1.29 is 24.0 Å². The Hall–Kier alpha value is -3.80. The number of aromatic nitrogens is 3. The monoisotopic (exact) mass is 456 g/mol. The number of anilines is 1. The SMILES string of the molecule is Cc1nc(-c2cccc(C(=O)NC3CN(C(=O)N(C)c4nc(C)c(C(=O)O)s4)C3)c2)no1. The van der Waals surface area contributed by atoms with Gasteiger partial charge in [-0.15, -0.1) is 0 Å². The zero-order valence-corrected chi connectivity index (χ0v) is 18.3. The summed E-state index contributed by atoms with van der Waals surface area (Å²) in [5.41, 5.74) is 1.48. The number of hydrogen-bond donors (Lipinski definition) is 2. The maximum absolute atomic E-state index is 12.7. The summed E-state index contributed by atoms with van der Waals surface area (Å²) in [7, 11) is 1.54. The van der Waals surface area contributed by atoms with Crippen LogP contribution in [-0.4, -0.2) is 69.2 Å². The number of carbonyl (C=O) groups excluding carboxylic acids is 2. The van der Waals surface area contributed by atoms with Crippen LogP contribution in [0.25, 0.3) is 11.4 Å². The third-order valence-corrected chi connectivity index (χ3v) is 6.17. The minimum atomic E-state index is -1.07. The predicted octanol–water partition coefficient (Wildman–Crippen LogP) is 2.18. The summed E-state index contributed by atoms with van der Waals surface area (Å²) in [5.74, 6) is -0.494. The Labute approximate surface area is 186 Å². The van der Waals surface area contributed by atoms with Crippen LogP contribution in [0, 0.1) is 13.8 Å². The number of rotatable bonds is 5. The van der Waals surface area contributed by atoms with Gasteiger partial charge in [-0.3, -0.25) is 9.69 Å². The van der Waals surface area contributed by atoms with Crippen molar-refractivity contribution in [2.24, 2.45) is 0 Å². The van der Waals surface area contributed by atoms with E-state index in [2.05, 4.69) is 20.4 Å². The molecule has 2 N–H and O–H groups in total. The predicted molar refractivity (Wildman–Crippen MR) is 115 cm³/mol. The van der Waals surface area contributed by atoms with Crippen LogP contribution in [0.2, 0.25) is 0 Å². The van der Waals surface area contributed by atoms with Gasteiger partial charge in [0.25, 0.3) is 5.91 Å². The number of nitrogens with one attached hydrogen (secondary N) is 1. The second-order valence-electron chi connectivity index (χ2n) is 7.35. The fraction of sp³-hybridized carbons (Fsp3) is 0.300. The van der Waals surface area contributed by atoms with Crippen molar-refractivity contribution in [3.05, 3.63) is 46.3 Å². The van der Waals surface area contributed by atoms with Gasteiger partial charge >= 0.3 is 12.0 Å². The van der Waals surface area contributed by atoms with Gasteiger partial charge in [0.1, 0.15) is 4.88 Å². The first-order chi connectivity index (χ1) is 15.2. The molecule has 1 fully saturated rings. The first-order valence-electron chi connectivity index (χ1n) is 9.68. The Kier molecular flexibility index (Phi) is 5.61. The number of aryl methyl sites for hydroxylation is 2. The summed E-state index contributed by atoms with van der Waals surface area (Å²) in [5, 5.41) is 16.2. The molecule has 0 radical (unpaired) electrons. The lowest BCUT2D eigenvalue weighted by molar-refractivity contribution is 0.0700. The number of likely N-dealkylation sites (tertiary alicyclic amines) is 1. The standard InChI is InChI=1S/C20H20N6O5S/c1-10-15(18(28)29)32-19(21-10)25(3)20(30)26-8-14(9-26)23-17(27)13-6-4-5-12(7-13)16-22-11(2)31-24-16/h4-7,14H,8-9H2,1-3H3,(H,23,27)(H,28,29). The quantitative estimate of drug-likeness (QED) is 0.595. The fourth-order valence-electron chi connectivity index (χ4n) is 3.23. The molecule has 0 saturated carbocycles. The molecule has 2 aromatic heterocycles. The fourth-order valence-corrected chi connectivity index (χ4v) is 4.09. The highest BCUT2D eigenvalue weighted by Crippen LogP contribution is 2.27. The number of hydrogen-bond acceptors (Lipinski definition) is 8. The summed E-state index contributed by atoms with van der Waals surface area (Å²) in [6, 6.07) is 6.39. The summed E-state index contributed by atoms with van der Waals surface area (Å²) < 4.78 is 4.98. The number of nitrogens with zero attached hydrogens (tertiary/aromatic N) is 5. The Bertz CT molecular complexity index is 1200. The molecule has 166 valence electrons. The van der Waals surface area contributed by atoms with Crippen molar-refractivity contribution in [2.75, 3.05) is 25.0 Å². The highest BCUT2D eigenvalue weighted by Gasteiger charge is 2.35. The van der Waals surface area contributed by atoms with Crippen molar-refractivity contribution in [1.82, 2.24) is 25.3 Å². The molecule has 3 aromatic rings. The molecule has 32 heavy (non-hydrogen) atoms. The van der Waals surface area contributed by atoms with E-state index in [1.54, 1.807) is 50.1 Å². The van der Waals surface area contributed by atoms with Gasteiger partial charge in [0.05, 0.1) is 11.7 Å². The van der Waals surface area contributed by atoms with Crippen LogP contribution < -0.4 is 10.2 Å². The van der Waals surface area contributed by atoms with E-state index in [1.165, 1.54) is 4.90 Å². The number of aromatic carboxylic acids is 1. The molecule has 3 heterocycles. The first kappa shape index (κ1) is 21.4. The van der Waals surface area contributed by atoms with Gasteiger partial charge < -0.3 is 19.8 Å². The second-order valence-corrected chi connectivity index (χ2v) is 8.33. The smallest absolute Gasteiger partial charge is 0.347 e. The van der Waals surface area contributed by atoms with Crippen LogP contribution in [0.5, 0.6) is 0 Å². The normalized spacial score (nSPS) is 13.5. The van der Waals surface area contributed by atoms with E-state index in [4.69, 9.17) is 9.63 Å². The van der Waals surface area contributed by atoms with Gasteiger partial charge in [-0.2, -0.15) is 4.98 Å². The number of carbonyl (C=O) groups is 3. The second kappa shape index (κ2) is 8.38. The average Bonchev–Trinajstić information content (AvgIpc) is 3.35. The zero-order valence-electron chi connectivity index (χ0n) is 17.5. The van der Waals surface area contributed by atoms with Gasteiger partial charge in [0, 0.05) is 38.2 Å². The third kappa shape index (κ3) is 4.17. The van der Waals surface area contributed by atoms with E-state index in [-0.39, 0.29) is 22.9 Å². The number of carboxylic acid groups (broad SMARTS) is 1. The molecular weight excluding hydrogens is 436 g/mol. The largest absolute Gasteiger partial charge is 0.477 e. The van der Waals surface area contributed by atoms with Gasteiger partial charge in [0.15, 0.2) is 5.13 Å². The molecule has 0 spiro atoms. The molecule has 4 rings (SSSR count). The molecule has 0 bridgehead atoms. The molecule has 1 aliphatic heterocycles. The molecule has 1 aliphatic rings. The number of thiazole rings is 1. The van der Waals surface area contributed by atoms with Crippen LogP contribution in [0.4, 0.5) is 9.93 Å². The maximum Gasteiger partial charge on any atom is 0.347 e. The van der Waals surface area contributed by atoms with Crippen molar-refractivity contribution in [2.45, 2.75) is 19.9 Å². The van der Waals surface area contributed by atoms with Crippen LogP contribution in [-0.2, 0) is 0 Å². The van der Waals surface area contributed by atoms with Crippen LogP contribution in [0.3, 0.4) is 0 Å². The van der Waals surface area contributed by atoms with E-state index < -0.39 is 5.97 Å². The minimum Gasteiger partial charge on any atom is -0.477 e. The van der Waals surface area contributed by atoms with Crippen LogP contribution in [0.15, 0.2) is 28.8 Å². The molecule has 0 unspecified atom stereocenters. The summed E-state index contributed by atoms with van der Waals surface area (Å²) >= 11 is 0.947. The lowest BCUT2D eigenvalue weighted by atomic mass is 10.1. The number of carboxylic acids is 1. The van der Waals surface area contributed by atoms with E-state index in [0.717, 1.165) is 11.3 Å². The zero-order chi connectivity index (χ0) is 23.0. The van der Waals surface area contributed by atoms with Crippen molar-refractivity contribution in [3.63, 3.8) is 0 Å². The van der Waals surface area contributed by atoms with E-state index in [1.807, 2.05) is 0 Å². The number of benzene rings is 1. The Morgan fingerprint density at radius 1 is 1.25 bits per heavy atom. The molecule has 0 aliphatic carbocycles. The molecular formula is C20H20N6O5S. The Morgan fingerprint density at radius 2 is 2.00 bits per heavy atom. The van der Waals surface area contributed by atoms with Crippen molar-refractivity contribution >= 4 is 34.4 Å². The summed E-state index contributed by atoms with van der Waals surface area (Å²) in [6.45, 7) is 3.96. The third-order valence-electron chi connectivity index (χ3n) is 4.95. The molecule has 3 amide bonds. The molecule has 1 saturated heterocycles. The van der Waals surface area contributed by atoms with Gasteiger partial charge in [-0.05, 0) is 19.1 Å². The minimum absolute atomic E-state index is 0.103. The summed E-state index contributed by atoms with van der Waals surface area (Å²) in [6.07, 6.45) is 0. The Balaban J connectivity index is 1.34. The Morgan fingerprint density at radius 3 is 2.62 bits per heavy atom. The molecule has 0 atom stereocenters. The number of urea groups is 1. The highest BCUT2D eigenvalue weighted by molar-refractivity contribution is 7.17. The maximum atomic E-state index is 12.7. The lowest BCUT2D eigenvalue weighted by Gasteiger charge is -2.40. The topological polar surface area (TPSA) is 142 Å². The summed E-state index contributed by atoms with van der Waals surface area (Å²) in [4.78, 5) is 47.8. The van der Waals surface area contributed by atoms with Gasteiger partial charge in [-0.1, -0.05) is 28.6 Å². The highest BCUT2D eigenvalue weighted by atomic mass is 32.1. The molecule has 12 heteroatoms. The van der Waals surface area contributed by atoms with Crippen LogP contribution in [0.1, 0.15) is 31.6 Å². The molecule has 11 nitrogen and oxygen atoms in total. The molecule has 1 aromatic carbocycles. The van der Waals surface area contributed by atoms with E-state index >= 15 is 0 Å². The first-order valence-corrected chi connectivity index (χ1v) is 10.5. The van der Waals surface area contributed by atoms with Gasteiger partial charge in [0.2, 0.25) is 11.7 Å². The number of amides is 3. The van der Waals surface area contributed by atoms with Crippen molar-refractivity contribution in [1.29, 1.82) is 0 Å². The average molecular weight is 456 g/mol. The van der Waals surface area contributed by atoms with E-state index in [9.17, 15) is 14.4 Å². The van der Waals surface area contributed by atoms with Crippen molar-refractivity contribution in [3.8, 4) is 11.4 Å². The van der Waals surface area contributed by atoms with Crippen LogP contribution >= 0.6 is 11.3 Å².